The van der Waals surface area contributed by atoms with Gasteiger partial charge in [-0.05, 0) is 17.7 Å². The number of benzene rings is 1. The van der Waals surface area contributed by atoms with Crippen LogP contribution in [0.25, 0.3) is 10.9 Å². The quantitative estimate of drug-likeness (QED) is 0.421. The number of halogens is 2. The Labute approximate surface area is 158 Å². The van der Waals surface area contributed by atoms with Crippen LogP contribution in [-0.4, -0.2) is 31.1 Å². The molecular weight excluding hydrogens is 364 g/mol. The van der Waals surface area contributed by atoms with Gasteiger partial charge in [0.15, 0.2) is 5.82 Å². The molecule has 9 heteroatoms. The minimum atomic E-state index is -2.65. The molecular formula is C19H17F2N7. The zero-order valence-electron chi connectivity index (χ0n) is 14.7. The number of hydrogen-bond acceptors (Lipinski definition) is 5. The lowest BCUT2D eigenvalue weighted by molar-refractivity contribution is 0.111. The van der Waals surface area contributed by atoms with Gasteiger partial charge in [0.25, 0.3) is 5.92 Å². The van der Waals surface area contributed by atoms with E-state index in [1.165, 1.54) is 0 Å². The van der Waals surface area contributed by atoms with E-state index in [9.17, 15) is 8.78 Å². The van der Waals surface area contributed by atoms with Crippen LogP contribution in [0.4, 0.5) is 26.4 Å². The van der Waals surface area contributed by atoms with Gasteiger partial charge >= 0.3 is 0 Å². The first-order valence-electron chi connectivity index (χ1n) is 8.86. The molecule has 5 N–H and O–H groups in total. The van der Waals surface area contributed by atoms with Gasteiger partial charge in [0, 0.05) is 53.5 Å². The molecule has 7 nitrogen and oxygen atoms in total. The summed E-state index contributed by atoms with van der Waals surface area (Å²) < 4.78 is 26.5. The second-order valence-corrected chi connectivity index (χ2v) is 6.99. The molecule has 1 atom stereocenters. The molecule has 5 rings (SSSR count). The molecule has 142 valence electrons. The van der Waals surface area contributed by atoms with Crippen molar-refractivity contribution in [2.75, 3.05) is 11.1 Å². The minimum absolute atomic E-state index is 0.121. The molecule has 0 spiro atoms. The molecule has 1 aromatic carbocycles. The lowest BCUT2D eigenvalue weighted by Gasteiger charge is -2.10. The fraction of sp³-hybridized carbons (Fsp3) is 0.211. The van der Waals surface area contributed by atoms with E-state index < -0.39 is 11.8 Å². The third kappa shape index (κ3) is 2.94. The van der Waals surface area contributed by atoms with Gasteiger partial charge < -0.3 is 16.0 Å². The maximum Gasteiger partial charge on any atom is 0.257 e. The van der Waals surface area contributed by atoms with Crippen LogP contribution in [-0.2, 0) is 6.42 Å². The van der Waals surface area contributed by atoms with E-state index in [1.54, 1.807) is 12.3 Å². The first-order valence-corrected chi connectivity index (χ1v) is 8.86. The van der Waals surface area contributed by atoms with Crippen molar-refractivity contribution in [2.24, 2.45) is 0 Å². The maximum absolute atomic E-state index is 13.3. The summed E-state index contributed by atoms with van der Waals surface area (Å²) in [6.07, 6.45) is 3.99. The average Bonchev–Trinajstić information content (AvgIpc) is 3.07. The van der Waals surface area contributed by atoms with Crippen molar-refractivity contribution in [2.45, 2.75) is 24.7 Å². The monoisotopic (exact) mass is 381 g/mol. The van der Waals surface area contributed by atoms with Crippen molar-refractivity contribution < 1.29 is 8.78 Å². The third-order valence-corrected chi connectivity index (χ3v) is 4.99. The fourth-order valence-corrected chi connectivity index (χ4v) is 3.42. The number of fused-ring (bicyclic) bond motifs is 1. The fourth-order valence-electron chi connectivity index (χ4n) is 3.42. The summed E-state index contributed by atoms with van der Waals surface area (Å²) in [4.78, 5) is 11.6. The van der Waals surface area contributed by atoms with Gasteiger partial charge in [0.05, 0.1) is 5.92 Å². The Morgan fingerprint density at radius 3 is 2.93 bits per heavy atom. The summed E-state index contributed by atoms with van der Waals surface area (Å²) in [6.45, 7) is 0. The molecule has 1 aliphatic carbocycles. The topological polar surface area (TPSA) is 108 Å². The van der Waals surface area contributed by atoms with E-state index in [2.05, 4.69) is 30.5 Å². The Bertz CT molecular complexity index is 1160. The molecule has 1 unspecified atom stereocenters. The molecule has 3 aromatic heterocycles. The molecule has 1 saturated carbocycles. The molecule has 1 aliphatic rings. The maximum atomic E-state index is 13.3. The van der Waals surface area contributed by atoms with Crippen LogP contribution in [0.2, 0.25) is 0 Å². The molecule has 0 aliphatic heterocycles. The number of H-pyrrole nitrogens is 2. The van der Waals surface area contributed by atoms with Crippen molar-refractivity contribution in [1.29, 1.82) is 0 Å². The van der Waals surface area contributed by atoms with E-state index in [-0.39, 0.29) is 12.4 Å². The van der Waals surface area contributed by atoms with Crippen LogP contribution >= 0.6 is 0 Å². The summed E-state index contributed by atoms with van der Waals surface area (Å²) in [5.74, 6) is -2.41. The number of nitrogens with one attached hydrogen (secondary N) is 3. The molecule has 0 bridgehead atoms. The van der Waals surface area contributed by atoms with Gasteiger partial charge in [0.2, 0.25) is 5.95 Å². The zero-order chi connectivity index (χ0) is 19.3. The summed E-state index contributed by atoms with van der Waals surface area (Å²) >= 11 is 0. The number of anilines is 3. The van der Waals surface area contributed by atoms with Crippen LogP contribution in [0, 0.1) is 0 Å². The van der Waals surface area contributed by atoms with Gasteiger partial charge in [0.1, 0.15) is 5.82 Å². The predicted octanol–water partition coefficient (Wildman–Crippen LogP) is 3.72. The van der Waals surface area contributed by atoms with Crippen molar-refractivity contribution in [3.63, 3.8) is 0 Å². The number of aromatic amines is 2. The highest BCUT2D eigenvalue weighted by molar-refractivity contribution is 5.83. The van der Waals surface area contributed by atoms with Crippen LogP contribution in [0.15, 0.2) is 42.7 Å². The number of alkyl halides is 2. The summed E-state index contributed by atoms with van der Waals surface area (Å²) in [5, 5.41) is 11.0. The van der Waals surface area contributed by atoms with Gasteiger partial charge in [-0.2, -0.15) is 10.1 Å². The van der Waals surface area contributed by atoms with E-state index in [4.69, 9.17) is 5.73 Å². The molecule has 0 saturated heterocycles. The van der Waals surface area contributed by atoms with E-state index >= 15 is 0 Å². The molecule has 1 fully saturated rings. The largest absolute Gasteiger partial charge is 0.368 e. The Balaban J connectivity index is 1.44. The Morgan fingerprint density at radius 1 is 1.25 bits per heavy atom. The van der Waals surface area contributed by atoms with E-state index in [0.29, 0.717) is 23.8 Å². The van der Waals surface area contributed by atoms with Gasteiger partial charge in [-0.15, -0.1) is 0 Å². The third-order valence-electron chi connectivity index (χ3n) is 4.99. The van der Waals surface area contributed by atoms with Crippen molar-refractivity contribution in [3.8, 4) is 0 Å². The summed E-state index contributed by atoms with van der Waals surface area (Å²) in [7, 11) is 0. The molecule has 0 radical (unpaired) electrons. The van der Waals surface area contributed by atoms with Crippen LogP contribution in [0.1, 0.15) is 29.2 Å². The van der Waals surface area contributed by atoms with E-state index in [0.717, 1.165) is 22.0 Å². The Morgan fingerprint density at radius 2 is 2.11 bits per heavy atom. The second-order valence-electron chi connectivity index (χ2n) is 6.99. The summed E-state index contributed by atoms with van der Waals surface area (Å²) in [6, 6.07) is 9.63. The standard InChI is InChI=1S/C19H17F2N7/c20-19(21)8-13(19)15-7-16(28-27-15)25-17-11(9-24-18(22)26-17)6-10-2-1-3-14-12(10)4-5-23-14/h1-5,7,9,13,23H,6,8H2,(H4,22,24,25,26,27,28). The molecule has 0 amide bonds. The highest BCUT2D eigenvalue weighted by Gasteiger charge is 2.58. The Hall–Kier alpha value is -3.49. The highest BCUT2D eigenvalue weighted by Crippen LogP contribution is 2.55. The predicted molar refractivity (Wildman–Crippen MR) is 102 cm³/mol. The Kier molecular flexibility index (Phi) is 3.58. The van der Waals surface area contributed by atoms with Crippen LogP contribution < -0.4 is 11.1 Å². The number of nitrogen functional groups attached to an aromatic ring is 1. The van der Waals surface area contributed by atoms with Gasteiger partial charge in [-0.25, -0.2) is 13.8 Å². The number of nitrogens with two attached hydrogens (primary N) is 1. The molecule has 3 heterocycles. The zero-order valence-corrected chi connectivity index (χ0v) is 14.7. The van der Waals surface area contributed by atoms with Crippen LogP contribution in [0.5, 0.6) is 0 Å². The number of hydrogen-bond donors (Lipinski definition) is 4. The normalized spacial score (nSPS) is 17.7. The van der Waals surface area contributed by atoms with Gasteiger partial charge in [-0.3, -0.25) is 5.10 Å². The number of rotatable bonds is 5. The van der Waals surface area contributed by atoms with Gasteiger partial charge in [-0.1, -0.05) is 12.1 Å². The van der Waals surface area contributed by atoms with Crippen molar-refractivity contribution in [3.05, 3.63) is 59.5 Å². The lowest BCUT2D eigenvalue weighted by atomic mass is 10.0. The highest BCUT2D eigenvalue weighted by atomic mass is 19.3. The number of aromatic nitrogens is 5. The SMILES string of the molecule is Nc1ncc(Cc2cccc3[nH]ccc23)c(Nc2cc(C3CC3(F)F)[nH]n2)n1. The first-order chi connectivity index (χ1) is 13.5. The molecule has 4 aromatic rings. The molecule has 28 heavy (non-hydrogen) atoms. The second kappa shape index (κ2) is 6.01. The van der Waals surface area contributed by atoms with Crippen molar-refractivity contribution >= 4 is 28.5 Å². The summed E-state index contributed by atoms with van der Waals surface area (Å²) in [5.41, 5.74) is 9.14. The first kappa shape index (κ1) is 16.7. The van der Waals surface area contributed by atoms with Crippen LogP contribution in [0.3, 0.4) is 0 Å². The number of nitrogens with zero attached hydrogens (tertiary/aromatic N) is 3. The minimum Gasteiger partial charge on any atom is -0.368 e. The smallest absolute Gasteiger partial charge is 0.257 e. The van der Waals surface area contributed by atoms with Crippen molar-refractivity contribution in [1.82, 2.24) is 25.1 Å². The average molecular weight is 381 g/mol. The lowest BCUT2D eigenvalue weighted by Crippen LogP contribution is -2.05. The van der Waals surface area contributed by atoms with E-state index in [1.807, 2.05) is 30.5 Å².